The van der Waals surface area contributed by atoms with E-state index in [1.807, 2.05) is 0 Å². The van der Waals surface area contributed by atoms with Crippen molar-refractivity contribution in [3.05, 3.63) is 46.2 Å². The summed E-state index contributed by atoms with van der Waals surface area (Å²) in [6.45, 7) is 0.237. The van der Waals surface area contributed by atoms with E-state index in [0.717, 1.165) is 5.56 Å². The fraction of sp³-hybridized carbons (Fsp3) is 0.235. The Kier molecular flexibility index (Phi) is 6.46. The first-order chi connectivity index (χ1) is 12.0. The molecule has 2 aromatic rings. The molecule has 2 N–H and O–H groups in total. The summed E-state index contributed by atoms with van der Waals surface area (Å²) < 4.78 is 29.3. The molecular formula is C17H18BrFN2O4. The third-order valence-electron chi connectivity index (χ3n) is 3.36. The smallest absolute Gasteiger partial charge is 0.319 e. The first kappa shape index (κ1) is 18.9. The lowest BCUT2D eigenvalue weighted by Gasteiger charge is -2.15. The Morgan fingerprint density at radius 2 is 1.72 bits per heavy atom. The zero-order valence-electron chi connectivity index (χ0n) is 14.0. The van der Waals surface area contributed by atoms with Crippen LogP contribution in [0.2, 0.25) is 0 Å². The molecule has 0 aromatic heterocycles. The number of carbonyl (C=O) groups excluding carboxylic acids is 1. The number of nitrogens with one attached hydrogen (secondary N) is 2. The number of amides is 2. The van der Waals surface area contributed by atoms with Gasteiger partial charge in [-0.2, -0.15) is 0 Å². The van der Waals surface area contributed by atoms with E-state index in [0.29, 0.717) is 27.4 Å². The molecule has 0 aliphatic heterocycles. The second-order valence-corrected chi connectivity index (χ2v) is 5.82. The third kappa shape index (κ3) is 4.76. The van der Waals surface area contributed by atoms with Crippen molar-refractivity contribution >= 4 is 27.6 Å². The Hall–Kier alpha value is -2.48. The first-order valence-electron chi connectivity index (χ1n) is 7.27. The molecule has 25 heavy (non-hydrogen) atoms. The molecule has 2 amide bonds. The average Bonchev–Trinajstić information content (AvgIpc) is 2.61. The van der Waals surface area contributed by atoms with E-state index in [9.17, 15) is 9.18 Å². The molecule has 8 heteroatoms. The van der Waals surface area contributed by atoms with Gasteiger partial charge < -0.3 is 24.8 Å². The van der Waals surface area contributed by atoms with Crippen LogP contribution in [0, 0.1) is 5.82 Å². The molecule has 0 saturated carbocycles. The molecule has 0 unspecified atom stereocenters. The fourth-order valence-corrected chi connectivity index (χ4v) is 2.63. The van der Waals surface area contributed by atoms with E-state index < -0.39 is 11.8 Å². The van der Waals surface area contributed by atoms with E-state index >= 15 is 0 Å². The molecule has 0 atom stereocenters. The second kappa shape index (κ2) is 8.57. The summed E-state index contributed by atoms with van der Waals surface area (Å²) in [6, 6.07) is 7.07. The Morgan fingerprint density at radius 1 is 1.08 bits per heavy atom. The summed E-state index contributed by atoms with van der Waals surface area (Å²) in [5, 5.41) is 5.35. The minimum Gasteiger partial charge on any atom is -0.493 e. The monoisotopic (exact) mass is 412 g/mol. The molecule has 0 radical (unpaired) electrons. The number of anilines is 1. The fourth-order valence-electron chi connectivity index (χ4n) is 2.18. The van der Waals surface area contributed by atoms with Crippen molar-refractivity contribution in [2.24, 2.45) is 0 Å². The third-order valence-corrected chi connectivity index (χ3v) is 4.01. The number of benzene rings is 2. The summed E-state index contributed by atoms with van der Waals surface area (Å²) in [4.78, 5) is 12.0. The van der Waals surface area contributed by atoms with E-state index in [1.54, 1.807) is 12.1 Å². The molecule has 2 rings (SSSR count). The van der Waals surface area contributed by atoms with Gasteiger partial charge in [-0.25, -0.2) is 9.18 Å². The quantitative estimate of drug-likeness (QED) is 0.753. The van der Waals surface area contributed by atoms with Crippen molar-refractivity contribution in [2.45, 2.75) is 6.54 Å². The van der Waals surface area contributed by atoms with Gasteiger partial charge in [0.05, 0.1) is 27.0 Å². The average molecular weight is 413 g/mol. The molecule has 2 aromatic carbocycles. The van der Waals surface area contributed by atoms with Crippen LogP contribution >= 0.6 is 15.9 Å². The number of hydrogen-bond donors (Lipinski definition) is 2. The van der Waals surface area contributed by atoms with Crippen molar-refractivity contribution in [1.29, 1.82) is 0 Å². The van der Waals surface area contributed by atoms with Gasteiger partial charge in [0, 0.05) is 11.0 Å². The van der Waals surface area contributed by atoms with Gasteiger partial charge in [0.1, 0.15) is 5.82 Å². The van der Waals surface area contributed by atoms with Gasteiger partial charge in [0.25, 0.3) is 0 Å². The van der Waals surface area contributed by atoms with Gasteiger partial charge in [0.15, 0.2) is 11.5 Å². The van der Waals surface area contributed by atoms with Gasteiger partial charge >= 0.3 is 6.03 Å². The number of ether oxygens (including phenoxy) is 3. The summed E-state index contributed by atoms with van der Waals surface area (Å²) in [5.74, 6) is 1.09. The Bertz CT molecular complexity index is 745. The molecule has 0 spiro atoms. The lowest BCUT2D eigenvalue weighted by atomic mass is 10.2. The molecule has 6 nitrogen and oxygen atoms in total. The zero-order valence-corrected chi connectivity index (χ0v) is 15.6. The maximum absolute atomic E-state index is 13.1. The van der Waals surface area contributed by atoms with E-state index in [4.69, 9.17) is 14.2 Å². The van der Waals surface area contributed by atoms with E-state index in [2.05, 4.69) is 26.6 Å². The predicted octanol–water partition coefficient (Wildman–Crippen LogP) is 3.94. The second-order valence-electron chi connectivity index (χ2n) is 4.97. The van der Waals surface area contributed by atoms with Crippen LogP contribution in [-0.4, -0.2) is 27.4 Å². The van der Waals surface area contributed by atoms with Crippen molar-refractivity contribution in [3.63, 3.8) is 0 Å². The summed E-state index contributed by atoms with van der Waals surface area (Å²) >= 11 is 3.20. The van der Waals surface area contributed by atoms with Gasteiger partial charge in [0.2, 0.25) is 5.75 Å². The minimum absolute atomic E-state index is 0.237. The lowest BCUT2D eigenvalue weighted by Crippen LogP contribution is -2.28. The van der Waals surface area contributed by atoms with Crippen molar-refractivity contribution < 1.29 is 23.4 Å². The standard InChI is InChI=1S/C17H18BrFN2O4/c1-23-14-6-10(7-15(24-2)16(14)25-3)9-20-17(22)21-13-5-4-11(19)8-12(13)18/h4-8H,9H2,1-3H3,(H2,20,21,22). The number of urea groups is 1. The maximum Gasteiger partial charge on any atom is 0.319 e. The maximum atomic E-state index is 13.1. The first-order valence-corrected chi connectivity index (χ1v) is 8.06. The predicted molar refractivity (Wildman–Crippen MR) is 96.1 cm³/mol. The topological polar surface area (TPSA) is 68.8 Å². The van der Waals surface area contributed by atoms with Crippen molar-refractivity contribution in [1.82, 2.24) is 5.32 Å². The van der Waals surface area contributed by atoms with Gasteiger partial charge in [-0.05, 0) is 51.8 Å². The summed E-state index contributed by atoms with van der Waals surface area (Å²) in [7, 11) is 4.56. The van der Waals surface area contributed by atoms with Crippen LogP contribution < -0.4 is 24.8 Å². The van der Waals surface area contributed by atoms with Crippen LogP contribution in [0.5, 0.6) is 17.2 Å². The molecule has 0 fully saturated rings. The minimum atomic E-state index is -0.430. The van der Waals surface area contributed by atoms with E-state index in [-0.39, 0.29) is 6.54 Å². The van der Waals surface area contributed by atoms with Gasteiger partial charge in [-0.1, -0.05) is 0 Å². The zero-order chi connectivity index (χ0) is 18.4. The van der Waals surface area contributed by atoms with Crippen LogP contribution in [0.4, 0.5) is 14.9 Å². The molecule has 0 saturated heterocycles. The van der Waals surface area contributed by atoms with Crippen molar-refractivity contribution in [3.8, 4) is 17.2 Å². The van der Waals surface area contributed by atoms with E-state index in [1.165, 1.54) is 39.5 Å². The number of carbonyl (C=O) groups is 1. The highest BCUT2D eigenvalue weighted by molar-refractivity contribution is 9.10. The normalized spacial score (nSPS) is 10.1. The number of rotatable bonds is 6. The van der Waals surface area contributed by atoms with Gasteiger partial charge in [-0.15, -0.1) is 0 Å². The van der Waals surface area contributed by atoms with Crippen LogP contribution in [0.1, 0.15) is 5.56 Å². The number of hydrogen-bond acceptors (Lipinski definition) is 4. The highest BCUT2D eigenvalue weighted by Crippen LogP contribution is 2.38. The SMILES string of the molecule is COc1cc(CNC(=O)Nc2ccc(F)cc2Br)cc(OC)c1OC. The molecule has 0 aliphatic carbocycles. The Morgan fingerprint density at radius 3 is 2.24 bits per heavy atom. The largest absolute Gasteiger partial charge is 0.493 e. The molecule has 0 heterocycles. The molecule has 0 bridgehead atoms. The lowest BCUT2D eigenvalue weighted by molar-refractivity contribution is 0.251. The van der Waals surface area contributed by atoms with Crippen LogP contribution in [0.3, 0.4) is 0 Å². The highest BCUT2D eigenvalue weighted by Gasteiger charge is 2.14. The molecule has 0 aliphatic rings. The Labute approximate surface area is 153 Å². The highest BCUT2D eigenvalue weighted by atomic mass is 79.9. The number of halogens is 2. The summed E-state index contributed by atoms with van der Waals surface area (Å²) in [5.41, 5.74) is 1.23. The van der Waals surface area contributed by atoms with Crippen molar-refractivity contribution in [2.75, 3.05) is 26.6 Å². The van der Waals surface area contributed by atoms with Crippen LogP contribution in [0.25, 0.3) is 0 Å². The van der Waals surface area contributed by atoms with Crippen LogP contribution in [0.15, 0.2) is 34.8 Å². The summed E-state index contributed by atoms with van der Waals surface area (Å²) in [6.07, 6.45) is 0. The van der Waals surface area contributed by atoms with Gasteiger partial charge in [-0.3, -0.25) is 0 Å². The molecule has 134 valence electrons. The van der Waals surface area contributed by atoms with Crippen LogP contribution in [-0.2, 0) is 6.54 Å². The Balaban J connectivity index is 2.06. The molecular weight excluding hydrogens is 395 g/mol. The number of methoxy groups -OCH3 is 3.